The third-order valence-corrected chi connectivity index (χ3v) is 2.39. The topological polar surface area (TPSA) is 82.1 Å². The number of amidine groups is 1. The Morgan fingerprint density at radius 3 is 2.47 bits per heavy atom. The van der Waals surface area contributed by atoms with Crippen LogP contribution < -0.4 is 5.73 Å². The minimum atomic E-state index is -0.337. The summed E-state index contributed by atoms with van der Waals surface area (Å²) in [4.78, 5) is 2.03. The summed E-state index contributed by atoms with van der Waals surface area (Å²) in [6.45, 7) is 3.14. The van der Waals surface area contributed by atoms with Crippen LogP contribution in [0.4, 0.5) is 0 Å². The molecule has 0 aliphatic rings. The van der Waals surface area contributed by atoms with E-state index in [0.29, 0.717) is 12.1 Å². The smallest absolute Gasteiger partial charge is 0.170 e. The standard InChI is InChI=1S/C12H19N3O2/c1-9(16)7-15(2)8-10-3-5-11(6-4-10)12(13)14-17/h3-6,9,16-17H,7-8H2,1-2H3,(H2,13,14). The minimum absolute atomic E-state index is 0.105. The Bertz CT molecular complexity index is 374. The van der Waals surface area contributed by atoms with Gasteiger partial charge in [-0.1, -0.05) is 29.4 Å². The van der Waals surface area contributed by atoms with Crippen molar-refractivity contribution in [1.82, 2.24) is 4.90 Å². The maximum Gasteiger partial charge on any atom is 0.170 e. The summed E-state index contributed by atoms with van der Waals surface area (Å²) in [5, 5.41) is 20.7. The Balaban J connectivity index is 2.62. The molecule has 1 aromatic rings. The lowest BCUT2D eigenvalue weighted by Gasteiger charge is -2.18. The first kappa shape index (κ1) is 13.5. The first-order valence-electron chi connectivity index (χ1n) is 5.46. The van der Waals surface area contributed by atoms with Crippen LogP contribution in [0.25, 0.3) is 0 Å². The zero-order valence-electron chi connectivity index (χ0n) is 10.2. The van der Waals surface area contributed by atoms with Gasteiger partial charge in [0.05, 0.1) is 6.10 Å². The molecule has 1 aromatic carbocycles. The quantitative estimate of drug-likeness (QED) is 0.303. The lowest BCUT2D eigenvalue weighted by Crippen LogP contribution is -2.26. The van der Waals surface area contributed by atoms with Crippen molar-refractivity contribution in [2.24, 2.45) is 10.9 Å². The molecule has 0 heterocycles. The number of nitrogens with zero attached hydrogens (tertiary/aromatic N) is 2. The van der Waals surface area contributed by atoms with Crippen molar-refractivity contribution in [3.8, 4) is 0 Å². The fraction of sp³-hybridized carbons (Fsp3) is 0.417. The van der Waals surface area contributed by atoms with Crippen LogP contribution in [0.2, 0.25) is 0 Å². The summed E-state index contributed by atoms with van der Waals surface area (Å²) in [7, 11) is 1.95. The molecule has 0 aromatic heterocycles. The fourth-order valence-electron chi connectivity index (χ4n) is 1.67. The van der Waals surface area contributed by atoms with Crippen LogP contribution in [0.3, 0.4) is 0 Å². The number of benzene rings is 1. The summed E-state index contributed by atoms with van der Waals surface area (Å²) in [6, 6.07) is 7.46. The molecule has 0 bridgehead atoms. The summed E-state index contributed by atoms with van der Waals surface area (Å²) in [5.41, 5.74) is 7.27. The Morgan fingerprint density at radius 2 is 2.00 bits per heavy atom. The molecule has 5 heteroatoms. The van der Waals surface area contributed by atoms with E-state index in [1.165, 1.54) is 0 Å². The molecule has 0 saturated heterocycles. The van der Waals surface area contributed by atoms with Gasteiger partial charge in [0.15, 0.2) is 5.84 Å². The number of oxime groups is 1. The maximum atomic E-state index is 9.25. The molecule has 1 atom stereocenters. The van der Waals surface area contributed by atoms with Crippen molar-refractivity contribution in [2.75, 3.05) is 13.6 Å². The van der Waals surface area contributed by atoms with E-state index in [9.17, 15) is 5.11 Å². The maximum absolute atomic E-state index is 9.25. The Morgan fingerprint density at radius 1 is 1.41 bits per heavy atom. The molecule has 0 aliphatic heterocycles. The van der Waals surface area contributed by atoms with Crippen LogP contribution in [-0.4, -0.2) is 40.7 Å². The van der Waals surface area contributed by atoms with Gasteiger partial charge in [-0.15, -0.1) is 0 Å². The molecule has 94 valence electrons. The fourth-order valence-corrected chi connectivity index (χ4v) is 1.67. The highest BCUT2D eigenvalue weighted by molar-refractivity contribution is 5.96. The van der Waals surface area contributed by atoms with Gasteiger partial charge < -0.3 is 16.0 Å². The van der Waals surface area contributed by atoms with Gasteiger partial charge in [-0.3, -0.25) is 4.90 Å². The van der Waals surface area contributed by atoms with Gasteiger partial charge in [0.1, 0.15) is 0 Å². The molecule has 5 nitrogen and oxygen atoms in total. The number of aliphatic hydroxyl groups excluding tert-OH is 1. The monoisotopic (exact) mass is 237 g/mol. The van der Waals surface area contributed by atoms with Gasteiger partial charge in [-0.25, -0.2) is 0 Å². The van der Waals surface area contributed by atoms with E-state index in [4.69, 9.17) is 10.9 Å². The van der Waals surface area contributed by atoms with Crippen LogP contribution in [0.15, 0.2) is 29.4 Å². The Kier molecular flexibility index (Phi) is 4.93. The number of hydrogen-bond acceptors (Lipinski definition) is 4. The molecule has 0 amide bonds. The summed E-state index contributed by atoms with van der Waals surface area (Å²) in [5.74, 6) is 0.105. The molecular formula is C12H19N3O2. The van der Waals surface area contributed by atoms with E-state index < -0.39 is 0 Å². The normalized spacial score (nSPS) is 14.0. The zero-order valence-corrected chi connectivity index (χ0v) is 10.2. The van der Waals surface area contributed by atoms with Gasteiger partial charge in [0.25, 0.3) is 0 Å². The molecule has 1 rings (SSSR count). The SMILES string of the molecule is CC(O)CN(C)Cc1ccc(C(N)=NO)cc1. The lowest BCUT2D eigenvalue weighted by molar-refractivity contribution is 0.138. The average Bonchev–Trinajstić information content (AvgIpc) is 2.28. The number of nitrogens with two attached hydrogens (primary N) is 1. The number of aliphatic hydroxyl groups is 1. The van der Waals surface area contributed by atoms with E-state index in [-0.39, 0.29) is 11.9 Å². The lowest BCUT2D eigenvalue weighted by atomic mass is 10.1. The molecule has 17 heavy (non-hydrogen) atoms. The molecule has 0 spiro atoms. The average molecular weight is 237 g/mol. The molecule has 0 saturated carbocycles. The van der Waals surface area contributed by atoms with Crippen LogP contribution in [0.1, 0.15) is 18.1 Å². The Hall–Kier alpha value is -1.59. The van der Waals surface area contributed by atoms with Gasteiger partial charge >= 0.3 is 0 Å². The number of rotatable bonds is 5. The summed E-state index contributed by atoms with van der Waals surface area (Å²) >= 11 is 0. The zero-order chi connectivity index (χ0) is 12.8. The highest BCUT2D eigenvalue weighted by atomic mass is 16.4. The van der Waals surface area contributed by atoms with Crippen molar-refractivity contribution in [3.63, 3.8) is 0 Å². The molecule has 0 radical (unpaired) electrons. The van der Waals surface area contributed by atoms with E-state index in [1.54, 1.807) is 19.1 Å². The predicted octanol–water partition coefficient (Wildman–Crippen LogP) is 0.594. The van der Waals surface area contributed by atoms with Crippen LogP contribution in [0.5, 0.6) is 0 Å². The number of likely N-dealkylation sites (N-methyl/N-ethyl adjacent to an activating group) is 1. The summed E-state index contributed by atoms with van der Waals surface area (Å²) < 4.78 is 0. The molecular weight excluding hydrogens is 218 g/mol. The van der Waals surface area contributed by atoms with Crippen molar-refractivity contribution in [3.05, 3.63) is 35.4 Å². The molecule has 0 fully saturated rings. The second-order valence-corrected chi connectivity index (χ2v) is 4.23. The van der Waals surface area contributed by atoms with Gasteiger partial charge in [0, 0.05) is 18.7 Å². The highest BCUT2D eigenvalue weighted by Crippen LogP contribution is 2.07. The van der Waals surface area contributed by atoms with Gasteiger partial charge in [-0.2, -0.15) is 0 Å². The van der Waals surface area contributed by atoms with Crippen LogP contribution in [-0.2, 0) is 6.54 Å². The van der Waals surface area contributed by atoms with Crippen molar-refractivity contribution in [2.45, 2.75) is 19.6 Å². The Labute approximate surface area is 101 Å². The molecule has 0 aliphatic carbocycles. The van der Waals surface area contributed by atoms with E-state index in [1.807, 2.05) is 24.1 Å². The second-order valence-electron chi connectivity index (χ2n) is 4.23. The van der Waals surface area contributed by atoms with Gasteiger partial charge in [0.2, 0.25) is 0 Å². The van der Waals surface area contributed by atoms with Crippen molar-refractivity contribution < 1.29 is 10.3 Å². The first-order valence-corrected chi connectivity index (χ1v) is 5.46. The molecule has 1 unspecified atom stereocenters. The third-order valence-electron chi connectivity index (χ3n) is 2.39. The van der Waals surface area contributed by atoms with E-state index in [2.05, 4.69) is 5.16 Å². The van der Waals surface area contributed by atoms with E-state index >= 15 is 0 Å². The molecule has 4 N–H and O–H groups in total. The minimum Gasteiger partial charge on any atom is -0.409 e. The van der Waals surface area contributed by atoms with Crippen molar-refractivity contribution >= 4 is 5.84 Å². The largest absolute Gasteiger partial charge is 0.409 e. The van der Waals surface area contributed by atoms with Gasteiger partial charge in [-0.05, 0) is 19.5 Å². The second kappa shape index (κ2) is 6.22. The third kappa shape index (κ3) is 4.42. The highest BCUT2D eigenvalue weighted by Gasteiger charge is 2.04. The first-order chi connectivity index (χ1) is 8.02. The van der Waals surface area contributed by atoms with E-state index in [0.717, 1.165) is 12.1 Å². The summed E-state index contributed by atoms with van der Waals surface area (Å²) in [6.07, 6.45) is -0.337. The predicted molar refractivity (Wildman–Crippen MR) is 67.0 cm³/mol. The van der Waals surface area contributed by atoms with Crippen LogP contribution in [0, 0.1) is 0 Å². The van der Waals surface area contributed by atoms with Crippen molar-refractivity contribution in [1.29, 1.82) is 0 Å². The number of hydrogen-bond donors (Lipinski definition) is 3. The van der Waals surface area contributed by atoms with Crippen LogP contribution >= 0.6 is 0 Å².